The maximum atomic E-state index is 11.6. The lowest BCUT2D eigenvalue weighted by molar-refractivity contribution is -0.121. The van der Waals surface area contributed by atoms with Crippen LogP contribution < -0.4 is 5.32 Å². The Morgan fingerprint density at radius 3 is 2.95 bits per heavy atom. The van der Waals surface area contributed by atoms with Crippen LogP contribution in [0.15, 0.2) is 22.7 Å². The summed E-state index contributed by atoms with van der Waals surface area (Å²) in [6, 6.07) is 5.90. The molecule has 0 aliphatic carbocycles. The van der Waals surface area contributed by atoms with E-state index in [9.17, 15) is 4.79 Å². The van der Waals surface area contributed by atoms with E-state index in [4.69, 9.17) is 11.6 Å². The smallest absolute Gasteiger partial charge is 0.221 e. The zero-order chi connectivity index (χ0) is 14.7. The van der Waals surface area contributed by atoms with E-state index in [0.29, 0.717) is 19.5 Å². The zero-order valence-electron chi connectivity index (χ0n) is 11.5. The number of rotatable bonds is 5. The Labute approximate surface area is 131 Å². The molecule has 6 heteroatoms. The van der Waals surface area contributed by atoms with Crippen molar-refractivity contribution in [2.24, 2.45) is 0 Å². The first-order valence-corrected chi connectivity index (χ1v) is 7.82. The minimum absolute atomic E-state index is 0.0394. The summed E-state index contributed by atoms with van der Waals surface area (Å²) >= 11 is 9.66. The maximum absolute atomic E-state index is 11.6. The number of carbonyl (C=O) groups is 1. The van der Waals surface area contributed by atoms with Gasteiger partial charge in [-0.25, -0.2) is 4.98 Å². The van der Waals surface area contributed by atoms with Crippen molar-refractivity contribution in [1.82, 2.24) is 14.9 Å². The van der Waals surface area contributed by atoms with E-state index < -0.39 is 0 Å². The van der Waals surface area contributed by atoms with Gasteiger partial charge in [0.25, 0.3) is 0 Å². The van der Waals surface area contributed by atoms with Gasteiger partial charge in [-0.1, -0.05) is 15.9 Å². The van der Waals surface area contributed by atoms with Gasteiger partial charge in [0.15, 0.2) is 0 Å². The van der Waals surface area contributed by atoms with Gasteiger partial charge in [0.2, 0.25) is 5.91 Å². The average Bonchev–Trinajstić information content (AvgIpc) is 2.75. The second kappa shape index (κ2) is 6.59. The largest absolute Gasteiger partial charge is 0.356 e. The van der Waals surface area contributed by atoms with Crippen LogP contribution in [0.5, 0.6) is 0 Å². The third-order valence-electron chi connectivity index (χ3n) is 3.03. The van der Waals surface area contributed by atoms with Gasteiger partial charge in [-0.15, -0.1) is 11.6 Å². The number of nitrogens with one attached hydrogen (secondary N) is 1. The van der Waals surface area contributed by atoms with Gasteiger partial charge in [0, 0.05) is 24.0 Å². The molecule has 1 aromatic carbocycles. The highest BCUT2D eigenvalue weighted by molar-refractivity contribution is 9.10. The number of hydrogen-bond donors (Lipinski definition) is 1. The van der Waals surface area contributed by atoms with Crippen LogP contribution in [0, 0.1) is 0 Å². The predicted molar refractivity (Wildman–Crippen MR) is 85.0 cm³/mol. The lowest BCUT2D eigenvalue weighted by atomic mass is 10.3. The van der Waals surface area contributed by atoms with Gasteiger partial charge in [-0.2, -0.15) is 0 Å². The quantitative estimate of drug-likeness (QED) is 0.830. The molecule has 0 aliphatic heterocycles. The molecule has 1 atom stereocenters. The van der Waals surface area contributed by atoms with Crippen molar-refractivity contribution >= 4 is 44.5 Å². The van der Waals surface area contributed by atoms with Crippen molar-refractivity contribution < 1.29 is 4.79 Å². The number of alkyl halides is 1. The molecule has 0 fully saturated rings. The van der Waals surface area contributed by atoms with Crippen LogP contribution in [0.2, 0.25) is 0 Å². The summed E-state index contributed by atoms with van der Waals surface area (Å²) in [7, 11) is 0. The SMILES string of the molecule is CCNC(=O)CCn1c(C(C)Cl)nc2ccc(Br)cc21. The number of aromatic nitrogens is 2. The van der Waals surface area contributed by atoms with E-state index >= 15 is 0 Å². The molecule has 0 saturated heterocycles. The normalized spacial score (nSPS) is 12.6. The Balaban J connectivity index is 2.35. The van der Waals surface area contributed by atoms with Crippen molar-refractivity contribution in [3.63, 3.8) is 0 Å². The lowest BCUT2D eigenvalue weighted by Gasteiger charge is -2.10. The highest BCUT2D eigenvalue weighted by Crippen LogP contribution is 2.26. The van der Waals surface area contributed by atoms with Crippen molar-refractivity contribution in [2.45, 2.75) is 32.2 Å². The standard InChI is InChI=1S/C14H17BrClN3O/c1-3-17-13(20)6-7-19-12-8-10(15)4-5-11(12)18-14(19)9(2)16/h4-5,8-9H,3,6-7H2,1-2H3,(H,17,20). The second-order valence-corrected chi connectivity index (χ2v) is 6.14. The van der Waals surface area contributed by atoms with Crippen LogP contribution in [0.3, 0.4) is 0 Å². The monoisotopic (exact) mass is 357 g/mol. The Kier molecular flexibility index (Phi) is 5.05. The van der Waals surface area contributed by atoms with Crippen LogP contribution in [0.1, 0.15) is 31.5 Å². The fraction of sp³-hybridized carbons (Fsp3) is 0.429. The number of aryl methyl sites for hydroxylation is 1. The molecule has 0 aliphatic rings. The van der Waals surface area contributed by atoms with Crippen LogP contribution in [-0.2, 0) is 11.3 Å². The highest BCUT2D eigenvalue weighted by atomic mass is 79.9. The molecule has 2 rings (SSSR count). The molecule has 0 spiro atoms. The summed E-state index contributed by atoms with van der Waals surface area (Å²) in [6.07, 6.45) is 0.419. The van der Waals surface area contributed by atoms with Gasteiger partial charge in [0.05, 0.1) is 16.4 Å². The number of benzene rings is 1. The fourth-order valence-electron chi connectivity index (χ4n) is 2.15. The van der Waals surface area contributed by atoms with Crippen molar-refractivity contribution in [3.8, 4) is 0 Å². The minimum Gasteiger partial charge on any atom is -0.356 e. The summed E-state index contributed by atoms with van der Waals surface area (Å²) in [5, 5.41) is 2.60. The number of carbonyl (C=O) groups excluding carboxylic acids is 1. The molecule has 20 heavy (non-hydrogen) atoms. The predicted octanol–water partition coefficient (Wildman–Crippen LogP) is 3.62. The van der Waals surface area contributed by atoms with Gasteiger partial charge >= 0.3 is 0 Å². The topological polar surface area (TPSA) is 46.9 Å². The third kappa shape index (κ3) is 3.33. The third-order valence-corrected chi connectivity index (χ3v) is 3.72. The van der Waals surface area contributed by atoms with E-state index in [1.54, 1.807) is 0 Å². The molecule has 0 radical (unpaired) electrons. The zero-order valence-corrected chi connectivity index (χ0v) is 13.8. The molecule has 0 bridgehead atoms. The molecule has 2 aromatic rings. The maximum Gasteiger partial charge on any atom is 0.221 e. The van der Waals surface area contributed by atoms with Gasteiger partial charge < -0.3 is 9.88 Å². The van der Waals surface area contributed by atoms with Crippen LogP contribution in [0.25, 0.3) is 11.0 Å². The van der Waals surface area contributed by atoms with Crippen molar-refractivity contribution in [3.05, 3.63) is 28.5 Å². The van der Waals surface area contributed by atoms with Gasteiger partial charge in [0.1, 0.15) is 5.82 Å². The molecule has 1 unspecified atom stereocenters. The number of fused-ring (bicyclic) bond motifs is 1. The summed E-state index contributed by atoms with van der Waals surface area (Å²) in [5.41, 5.74) is 1.89. The van der Waals surface area contributed by atoms with Crippen molar-refractivity contribution in [1.29, 1.82) is 0 Å². The number of halogens is 2. The number of amides is 1. The number of nitrogens with zero attached hydrogens (tertiary/aromatic N) is 2. The van der Waals surface area contributed by atoms with E-state index in [2.05, 4.69) is 26.2 Å². The summed E-state index contributed by atoms with van der Waals surface area (Å²) < 4.78 is 3.01. The molecule has 1 aromatic heterocycles. The van der Waals surface area contributed by atoms with Crippen LogP contribution in [0.4, 0.5) is 0 Å². The Morgan fingerprint density at radius 2 is 2.30 bits per heavy atom. The average molecular weight is 359 g/mol. The van der Waals surface area contributed by atoms with Crippen molar-refractivity contribution in [2.75, 3.05) is 6.54 Å². The number of imidazole rings is 1. The van der Waals surface area contributed by atoms with Crippen LogP contribution >= 0.6 is 27.5 Å². The first-order chi connectivity index (χ1) is 9.52. The first kappa shape index (κ1) is 15.3. The fourth-order valence-corrected chi connectivity index (χ4v) is 2.67. The Morgan fingerprint density at radius 1 is 1.55 bits per heavy atom. The first-order valence-electron chi connectivity index (χ1n) is 6.59. The lowest BCUT2D eigenvalue weighted by Crippen LogP contribution is -2.24. The van der Waals surface area contributed by atoms with E-state index in [-0.39, 0.29) is 11.3 Å². The molecule has 1 N–H and O–H groups in total. The summed E-state index contributed by atoms with van der Waals surface area (Å²) in [6.45, 7) is 5.02. The van der Waals surface area contributed by atoms with Gasteiger partial charge in [-0.3, -0.25) is 4.79 Å². The van der Waals surface area contributed by atoms with Crippen LogP contribution in [-0.4, -0.2) is 22.0 Å². The molecular formula is C14H17BrClN3O. The molecular weight excluding hydrogens is 342 g/mol. The number of hydrogen-bond acceptors (Lipinski definition) is 2. The molecule has 108 valence electrons. The molecule has 1 amide bonds. The van der Waals surface area contributed by atoms with E-state index in [1.807, 2.05) is 36.6 Å². The molecule has 0 saturated carbocycles. The van der Waals surface area contributed by atoms with E-state index in [0.717, 1.165) is 21.3 Å². The summed E-state index contributed by atoms with van der Waals surface area (Å²) in [4.78, 5) is 16.2. The van der Waals surface area contributed by atoms with Gasteiger partial charge in [-0.05, 0) is 32.0 Å². The highest BCUT2D eigenvalue weighted by Gasteiger charge is 2.15. The minimum atomic E-state index is -0.199. The second-order valence-electron chi connectivity index (χ2n) is 4.57. The summed E-state index contributed by atoms with van der Waals surface area (Å²) in [5.74, 6) is 0.835. The Bertz CT molecular complexity index is 624. The molecule has 4 nitrogen and oxygen atoms in total. The van der Waals surface area contributed by atoms with E-state index in [1.165, 1.54) is 0 Å². The molecule has 1 heterocycles. The Hall–Kier alpha value is -1.07.